The van der Waals surface area contributed by atoms with Crippen molar-refractivity contribution in [2.45, 2.75) is 44.2 Å². The highest BCUT2D eigenvalue weighted by Gasteiger charge is 2.48. The summed E-state index contributed by atoms with van der Waals surface area (Å²) in [5.41, 5.74) is 0.0331. The Morgan fingerprint density at radius 1 is 1.39 bits per heavy atom. The molecule has 1 aliphatic carbocycles. The largest absolute Gasteiger partial charge is 0.480 e. The van der Waals surface area contributed by atoms with Gasteiger partial charge in [0.1, 0.15) is 5.54 Å². The molecule has 0 spiro atoms. The predicted octanol–water partition coefficient (Wildman–Crippen LogP) is 2.86. The van der Waals surface area contributed by atoms with Crippen LogP contribution < -0.4 is 0 Å². The van der Waals surface area contributed by atoms with Crippen molar-refractivity contribution in [3.05, 3.63) is 35.9 Å². The highest BCUT2D eigenvalue weighted by Crippen LogP contribution is 2.40. The van der Waals surface area contributed by atoms with Gasteiger partial charge in [0.15, 0.2) is 0 Å². The number of hydrogen-bond acceptors (Lipinski definition) is 2. The maximum Gasteiger partial charge on any atom is 0.328 e. The molecule has 0 heterocycles. The number of aliphatic carboxylic acids is 1. The second kappa shape index (κ2) is 5.11. The van der Waals surface area contributed by atoms with Crippen molar-refractivity contribution < 1.29 is 9.90 Å². The lowest BCUT2D eigenvalue weighted by molar-refractivity contribution is -0.152. The number of likely N-dealkylation sites (N-methyl/N-ethyl adjacent to an activating group) is 1. The van der Waals surface area contributed by atoms with Gasteiger partial charge < -0.3 is 5.11 Å². The Kier molecular flexibility index (Phi) is 3.71. The van der Waals surface area contributed by atoms with Crippen LogP contribution in [0.2, 0.25) is 0 Å². The Labute approximate surface area is 108 Å². The van der Waals surface area contributed by atoms with Crippen LogP contribution in [0, 0.1) is 0 Å². The molecule has 1 aromatic rings. The van der Waals surface area contributed by atoms with Crippen molar-refractivity contribution >= 4 is 5.97 Å². The van der Waals surface area contributed by atoms with Crippen molar-refractivity contribution in [1.29, 1.82) is 0 Å². The van der Waals surface area contributed by atoms with Crippen molar-refractivity contribution in [3.63, 3.8) is 0 Å². The lowest BCUT2D eigenvalue weighted by Gasteiger charge is -2.39. The van der Waals surface area contributed by atoms with E-state index in [1.165, 1.54) is 0 Å². The summed E-state index contributed by atoms with van der Waals surface area (Å²) in [5, 5.41) is 9.81. The minimum Gasteiger partial charge on any atom is -0.480 e. The number of carboxylic acid groups (broad SMARTS) is 1. The van der Waals surface area contributed by atoms with E-state index in [1.807, 2.05) is 44.3 Å². The number of carbonyl (C=O) groups is 1. The number of benzene rings is 1. The van der Waals surface area contributed by atoms with E-state index in [1.54, 1.807) is 0 Å². The second-order valence-electron chi connectivity index (χ2n) is 5.12. The molecule has 2 rings (SSSR count). The smallest absolute Gasteiger partial charge is 0.328 e. The van der Waals surface area contributed by atoms with Crippen LogP contribution in [0.3, 0.4) is 0 Å². The van der Waals surface area contributed by atoms with Gasteiger partial charge in [-0.05, 0) is 31.9 Å². The van der Waals surface area contributed by atoms with Crippen LogP contribution in [0.5, 0.6) is 0 Å². The molecule has 1 atom stereocenters. The summed E-state index contributed by atoms with van der Waals surface area (Å²) in [4.78, 5) is 14.0. The minimum atomic E-state index is -0.864. The molecule has 1 N–H and O–H groups in total. The average Bonchev–Trinajstić information content (AvgIpc) is 3.20. The third-order valence-electron chi connectivity index (χ3n) is 3.91. The van der Waals surface area contributed by atoms with Crippen LogP contribution in [0.15, 0.2) is 30.3 Å². The number of carboxylic acids is 1. The van der Waals surface area contributed by atoms with Gasteiger partial charge in [-0.15, -0.1) is 0 Å². The van der Waals surface area contributed by atoms with E-state index in [4.69, 9.17) is 0 Å². The van der Waals surface area contributed by atoms with Crippen LogP contribution in [0.25, 0.3) is 0 Å². The van der Waals surface area contributed by atoms with Crippen LogP contribution >= 0.6 is 0 Å². The van der Waals surface area contributed by atoms with E-state index >= 15 is 0 Å². The Balaban J connectivity index is 2.45. The standard InChI is InChI=1S/C15H21NO2/c1-3-11-15(14(17)18,16(2)13-9-10-13)12-7-5-4-6-8-12/h4-8,13H,3,9-11H2,1-2H3,(H,17,18). The minimum absolute atomic E-state index is 0.424. The SMILES string of the molecule is CCCC(C(=O)O)(c1ccccc1)N(C)C1CC1. The summed E-state index contributed by atoms with van der Waals surface area (Å²) < 4.78 is 0. The van der Waals surface area contributed by atoms with Crippen LogP contribution in [-0.2, 0) is 10.3 Å². The zero-order valence-electron chi connectivity index (χ0n) is 11.1. The molecule has 1 saturated carbocycles. The molecule has 18 heavy (non-hydrogen) atoms. The molecule has 1 aliphatic rings. The molecular weight excluding hydrogens is 226 g/mol. The lowest BCUT2D eigenvalue weighted by Crippen LogP contribution is -2.51. The topological polar surface area (TPSA) is 40.5 Å². The van der Waals surface area contributed by atoms with Crippen molar-refractivity contribution in [2.75, 3.05) is 7.05 Å². The molecule has 0 bridgehead atoms. The first-order valence-electron chi connectivity index (χ1n) is 6.64. The van der Waals surface area contributed by atoms with E-state index < -0.39 is 11.5 Å². The fourth-order valence-electron chi connectivity index (χ4n) is 2.75. The summed E-state index contributed by atoms with van der Waals surface area (Å²) in [6, 6.07) is 10.1. The molecule has 0 radical (unpaired) electrons. The van der Waals surface area contributed by atoms with E-state index in [2.05, 4.69) is 4.90 Å². The summed E-state index contributed by atoms with van der Waals surface area (Å²) >= 11 is 0. The first-order valence-corrected chi connectivity index (χ1v) is 6.64. The van der Waals surface area contributed by atoms with Gasteiger partial charge in [0.25, 0.3) is 0 Å². The van der Waals surface area contributed by atoms with Gasteiger partial charge in [0, 0.05) is 6.04 Å². The van der Waals surface area contributed by atoms with Gasteiger partial charge in [-0.2, -0.15) is 0 Å². The highest BCUT2D eigenvalue weighted by molar-refractivity contribution is 5.81. The maximum absolute atomic E-state index is 11.9. The zero-order chi connectivity index (χ0) is 13.2. The molecule has 3 nitrogen and oxygen atoms in total. The zero-order valence-corrected chi connectivity index (χ0v) is 11.1. The first kappa shape index (κ1) is 13.1. The highest BCUT2D eigenvalue weighted by atomic mass is 16.4. The Hall–Kier alpha value is -1.35. The van der Waals surface area contributed by atoms with Gasteiger partial charge in [-0.25, -0.2) is 4.79 Å². The van der Waals surface area contributed by atoms with E-state index in [-0.39, 0.29) is 0 Å². The molecule has 0 saturated heterocycles. The van der Waals surface area contributed by atoms with Gasteiger partial charge in [-0.3, -0.25) is 4.90 Å². The molecule has 3 heteroatoms. The summed E-state index contributed by atoms with van der Waals surface area (Å²) in [6.45, 7) is 2.04. The summed E-state index contributed by atoms with van der Waals surface area (Å²) in [7, 11) is 1.95. The van der Waals surface area contributed by atoms with Crippen molar-refractivity contribution in [2.24, 2.45) is 0 Å². The van der Waals surface area contributed by atoms with Crippen molar-refractivity contribution in [3.8, 4) is 0 Å². The molecule has 0 aliphatic heterocycles. The van der Waals surface area contributed by atoms with E-state index in [9.17, 15) is 9.90 Å². The van der Waals surface area contributed by atoms with Gasteiger partial charge in [0.2, 0.25) is 0 Å². The average molecular weight is 247 g/mol. The Morgan fingerprint density at radius 2 is 2.00 bits per heavy atom. The third kappa shape index (κ3) is 2.15. The quantitative estimate of drug-likeness (QED) is 0.840. The maximum atomic E-state index is 11.9. The first-order chi connectivity index (χ1) is 8.63. The van der Waals surface area contributed by atoms with Gasteiger partial charge in [0.05, 0.1) is 0 Å². The van der Waals surface area contributed by atoms with Crippen molar-refractivity contribution in [1.82, 2.24) is 4.90 Å². The molecule has 1 fully saturated rings. The Morgan fingerprint density at radius 3 is 2.44 bits per heavy atom. The van der Waals surface area contributed by atoms with Crippen LogP contribution in [-0.4, -0.2) is 29.1 Å². The summed E-state index contributed by atoms with van der Waals surface area (Å²) in [5.74, 6) is -0.732. The van der Waals surface area contributed by atoms with E-state index in [0.29, 0.717) is 12.5 Å². The molecule has 98 valence electrons. The molecule has 1 unspecified atom stereocenters. The number of hydrogen-bond donors (Lipinski definition) is 1. The van der Waals surface area contributed by atoms with Gasteiger partial charge >= 0.3 is 5.97 Å². The fourth-order valence-corrected chi connectivity index (χ4v) is 2.75. The fraction of sp³-hybridized carbons (Fsp3) is 0.533. The van der Waals surface area contributed by atoms with Gasteiger partial charge in [-0.1, -0.05) is 43.7 Å². The Bertz CT molecular complexity index is 414. The normalized spacial score (nSPS) is 18.6. The predicted molar refractivity (Wildman–Crippen MR) is 71.4 cm³/mol. The molecule has 0 aromatic heterocycles. The van der Waals surface area contributed by atoms with E-state index in [0.717, 1.165) is 24.8 Å². The summed E-state index contributed by atoms with van der Waals surface area (Å²) in [6.07, 6.45) is 3.74. The second-order valence-corrected chi connectivity index (χ2v) is 5.12. The number of rotatable bonds is 6. The number of nitrogens with zero attached hydrogens (tertiary/aromatic N) is 1. The third-order valence-corrected chi connectivity index (χ3v) is 3.91. The molecule has 0 amide bonds. The molecular formula is C15H21NO2. The molecule has 1 aromatic carbocycles. The van der Waals surface area contributed by atoms with Crippen LogP contribution in [0.1, 0.15) is 38.2 Å². The monoisotopic (exact) mass is 247 g/mol. The van der Waals surface area contributed by atoms with Crippen LogP contribution in [0.4, 0.5) is 0 Å². The lowest BCUT2D eigenvalue weighted by atomic mass is 9.84.